The van der Waals surface area contributed by atoms with Crippen LogP contribution in [0.5, 0.6) is 0 Å². The smallest absolute Gasteiger partial charge is 0.378 e. The average molecular weight is 431 g/mol. The Labute approximate surface area is 177 Å². The molecule has 1 atom stereocenters. The third kappa shape index (κ3) is 4.87. The van der Waals surface area contributed by atoms with Crippen LogP contribution in [0.3, 0.4) is 0 Å². The fraction of sp³-hybridized carbons (Fsp3) is 0.409. The maximum atomic E-state index is 13.2. The van der Waals surface area contributed by atoms with Gasteiger partial charge < -0.3 is 18.2 Å². The van der Waals surface area contributed by atoms with E-state index in [-0.39, 0.29) is 11.3 Å². The van der Waals surface area contributed by atoms with Crippen molar-refractivity contribution in [2.75, 3.05) is 40.3 Å². The first-order valence-electron chi connectivity index (χ1n) is 9.62. The topological polar surface area (TPSA) is 48.0 Å². The van der Waals surface area contributed by atoms with Crippen molar-refractivity contribution in [3.8, 4) is 0 Å². The first-order chi connectivity index (χ1) is 13.7. The van der Waals surface area contributed by atoms with E-state index in [1.165, 1.54) is 0 Å². The molecule has 0 spiro atoms. The van der Waals surface area contributed by atoms with E-state index in [2.05, 4.69) is 24.1 Å². The fourth-order valence-corrected chi connectivity index (χ4v) is 6.82. The van der Waals surface area contributed by atoms with Gasteiger partial charge in [0.25, 0.3) is 0 Å². The van der Waals surface area contributed by atoms with Gasteiger partial charge in [0.2, 0.25) is 0 Å². The average Bonchev–Trinajstić information content (AvgIpc) is 2.74. The van der Waals surface area contributed by atoms with Gasteiger partial charge in [-0.3, -0.25) is 4.79 Å². The molecule has 1 radical (unpaired) electrons. The van der Waals surface area contributed by atoms with Crippen LogP contribution in [0.1, 0.15) is 33.9 Å². The van der Waals surface area contributed by atoms with Gasteiger partial charge in [0.15, 0.2) is 5.78 Å². The van der Waals surface area contributed by atoms with Crippen molar-refractivity contribution in [1.82, 2.24) is 0 Å². The number of hydrogen-bond acceptors (Lipinski definition) is 5. The van der Waals surface area contributed by atoms with E-state index in [4.69, 9.17) is 13.3 Å². The lowest BCUT2D eigenvalue weighted by Gasteiger charge is -2.30. The number of benzene rings is 2. The largest absolute Gasteiger partial charge is 0.507 e. The highest BCUT2D eigenvalue weighted by Crippen LogP contribution is 2.28. The molecule has 0 amide bonds. The molecule has 5 nitrogen and oxygen atoms in total. The molecule has 29 heavy (non-hydrogen) atoms. The van der Waals surface area contributed by atoms with E-state index in [1.54, 1.807) is 21.3 Å². The van der Waals surface area contributed by atoms with Crippen molar-refractivity contribution in [2.45, 2.75) is 25.6 Å². The summed E-state index contributed by atoms with van der Waals surface area (Å²) in [4.78, 5) is 15.3. The molecule has 2 aromatic rings. The lowest BCUT2D eigenvalue weighted by molar-refractivity contribution is 0.103. The Bertz CT molecular complexity index is 825. The Hall–Kier alpha value is -1.78. The maximum Gasteiger partial charge on any atom is 0.507 e. The second-order valence-corrected chi connectivity index (χ2v) is 13.3. The van der Waals surface area contributed by atoms with Crippen LogP contribution in [0.25, 0.3) is 0 Å². The minimum absolute atomic E-state index is 0.0392. The summed E-state index contributed by atoms with van der Waals surface area (Å²) in [5.41, 5.74) is 3.58. The summed E-state index contributed by atoms with van der Waals surface area (Å²) < 4.78 is 16.8. The van der Waals surface area contributed by atoms with Gasteiger partial charge in [0, 0.05) is 52.2 Å². The van der Waals surface area contributed by atoms with Gasteiger partial charge >= 0.3 is 8.80 Å². The number of nitrogens with zero attached hydrogens (tertiary/aromatic N) is 1. The first kappa shape index (κ1) is 23.5. The molecular formula is C22H32NO4Si2. The van der Waals surface area contributed by atoms with Gasteiger partial charge in [0.1, 0.15) is 0 Å². The van der Waals surface area contributed by atoms with Gasteiger partial charge in [-0.15, -0.1) is 0 Å². The zero-order valence-electron chi connectivity index (χ0n) is 18.7. The number of rotatable bonds is 9. The molecule has 0 aliphatic carbocycles. The van der Waals surface area contributed by atoms with E-state index in [1.807, 2.05) is 57.4 Å². The quantitative estimate of drug-likeness (QED) is 0.450. The molecule has 0 aromatic heterocycles. The number of anilines is 1. The first-order valence-corrected chi connectivity index (χ1v) is 13.9. The standard InChI is InChI=1S/C22H32NO4Si2/c1-16(29(25-4,26-5)27-6)17-9-11-18(12-10-17)22(24)20-14-13-19(23(2)3)15-21(20)28(7)8/h9-16H,1-8H3. The van der Waals surface area contributed by atoms with Crippen molar-refractivity contribution < 1.29 is 18.1 Å². The van der Waals surface area contributed by atoms with Crippen LogP contribution in [-0.4, -0.2) is 58.8 Å². The van der Waals surface area contributed by atoms with E-state index >= 15 is 0 Å². The van der Waals surface area contributed by atoms with Crippen molar-refractivity contribution in [2.24, 2.45) is 0 Å². The fourth-order valence-electron chi connectivity index (χ4n) is 3.49. The number of ketones is 1. The van der Waals surface area contributed by atoms with Gasteiger partial charge in [-0.25, -0.2) is 0 Å². The van der Waals surface area contributed by atoms with Gasteiger partial charge in [-0.2, -0.15) is 0 Å². The lowest BCUT2D eigenvalue weighted by atomic mass is 10.0. The molecule has 1 unspecified atom stereocenters. The van der Waals surface area contributed by atoms with Crippen LogP contribution >= 0.6 is 0 Å². The zero-order chi connectivity index (χ0) is 21.8. The summed E-state index contributed by atoms with van der Waals surface area (Å²) in [5, 5.41) is 1.16. The summed E-state index contributed by atoms with van der Waals surface area (Å²) in [7, 11) is 5.28. The second-order valence-electron chi connectivity index (χ2n) is 7.51. The molecule has 0 aliphatic heterocycles. The Morgan fingerprint density at radius 2 is 1.52 bits per heavy atom. The Balaban J connectivity index is 2.36. The molecule has 2 aromatic carbocycles. The Morgan fingerprint density at radius 3 is 1.97 bits per heavy atom. The molecule has 0 fully saturated rings. The minimum atomic E-state index is -2.80. The Morgan fingerprint density at radius 1 is 0.966 bits per heavy atom. The molecule has 0 bridgehead atoms. The second kappa shape index (κ2) is 9.82. The predicted molar refractivity (Wildman–Crippen MR) is 123 cm³/mol. The third-order valence-corrected chi connectivity index (χ3v) is 9.95. The number of hydrogen-bond donors (Lipinski definition) is 0. The summed E-state index contributed by atoms with van der Waals surface area (Å²) in [6.07, 6.45) is 0. The molecule has 0 aliphatic rings. The molecule has 0 heterocycles. The van der Waals surface area contributed by atoms with Crippen molar-refractivity contribution >= 4 is 34.3 Å². The molecule has 2 rings (SSSR count). The SMILES string of the molecule is CO[Si](OC)(OC)C(C)c1ccc(C(=O)c2ccc(N(C)C)cc2[Si](C)C)cc1. The van der Waals surface area contributed by atoms with E-state index in [0.717, 1.165) is 22.0 Å². The van der Waals surface area contributed by atoms with Crippen LogP contribution < -0.4 is 10.1 Å². The van der Waals surface area contributed by atoms with Crippen LogP contribution in [0.4, 0.5) is 5.69 Å². The Kier molecular flexibility index (Phi) is 7.96. The molecule has 0 saturated heterocycles. The van der Waals surface area contributed by atoms with E-state index in [9.17, 15) is 4.79 Å². The van der Waals surface area contributed by atoms with Gasteiger partial charge in [-0.05, 0) is 28.9 Å². The van der Waals surface area contributed by atoms with Crippen LogP contribution in [0.15, 0.2) is 42.5 Å². The van der Waals surface area contributed by atoms with Crippen molar-refractivity contribution in [1.29, 1.82) is 0 Å². The van der Waals surface area contributed by atoms with Crippen LogP contribution in [-0.2, 0) is 13.3 Å². The highest BCUT2D eigenvalue weighted by atomic mass is 28.4. The molecule has 7 heteroatoms. The molecular weight excluding hydrogens is 398 g/mol. The van der Waals surface area contributed by atoms with Gasteiger partial charge in [0.05, 0.1) is 14.3 Å². The summed E-state index contributed by atoms with van der Waals surface area (Å²) in [6.45, 7) is 6.46. The third-order valence-electron chi connectivity index (χ3n) is 5.36. The normalized spacial score (nSPS) is 12.9. The molecule has 0 saturated carbocycles. The van der Waals surface area contributed by atoms with Crippen LogP contribution in [0.2, 0.25) is 13.1 Å². The summed E-state index contributed by atoms with van der Waals surface area (Å²) in [6, 6.07) is 13.8. The molecule has 157 valence electrons. The number of carbonyl (C=O) groups is 1. The summed E-state index contributed by atoms with van der Waals surface area (Å²) >= 11 is 0. The van der Waals surface area contributed by atoms with Gasteiger partial charge in [-0.1, -0.05) is 44.3 Å². The monoisotopic (exact) mass is 430 g/mol. The predicted octanol–water partition coefficient (Wildman–Crippen LogP) is 3.47. The zero-order valence-corrected chi connectivity index (χ0v) is 20.7. The van der Waals surface area contributed by atoms with E-state index < -0.39 is 17.6 Å². The van der Waals surface area contributed by atoms with E-state index in [0.29, 0.717) is 5.56 Å². The molecule has 0 N–H and O–H groups in total. The minimum Gasteiger partial charge on any atom is -0.378 e. The van der Waals surface area contributed by atoms with Crippen molar-refractivity contribution in [3.05, 3.63) is 59.2 Å². The lowest BCUT2D eigenvalue weighted by Crippen LogP contribution is -2.48. The maximum absolute atomic E-state index is 13.2. The van der Waals surface area contributed by atoms with Crippen molar-refractivity contribution in [3.63, 3.8) is 0 Å². The summed E-state index contributed by atoms with van der Waals surface area (Å²) in [5.74, 6) is 0.0597. The number of carbonyl (C=O) groups excluding carboxylic acids is 1. The highest BCUT2D eigenvalue weighted by molar-refractivity contribution is 6.72. The highest BCUT2D eigenvalue weighted by Gasteiger charge is 2.45. The van der Waals surface area contributed by atoms with Crippen LogP contribution in [0, 0.1) is 0 Å².